The van der Waals surface area contributed by atoms with E-state index in [0.717, 1.165) is 22.7 Å². The lowest BCUT2D eigenvalue weighted by Gasteiger charge is -2.16. The van der Waals surface area contributed by atoms with Crippen LogP contribution >= 0.6 is 11.8 Å². The van der Waals surface area contributed by atoms with Crippen LogP contribution in [0.3, 0.4) is 0 Å². The van der Waals surface area contributed by atoms with Crippen LogP contribution in [0.5, 0.6) is 0 Å². The molecular weight excluding hydrogens is 386 g/mol. The largest absolute Gasteiger partial charge is 0.349 e. The van der Waals surface area contributed by atoms with E-state index in [1.165, 1.54) is 4.68 Å². The Morgan fingerprint density at radius 3 is 2.97 bits per heavy atom. The van der Waals surface area contributed by atoms with Crippen molar-refractivity contribution in [2.24, 2.45) is 0 Å². The van der Waals surface area contributed by atoms with E-state index >= 15 is 0 Å². The zero-order chi connectivity index (χ0) is 20.2. The molecule has 0 radical (unpaired) electrons. The number of carbonyl (C=O) groups is 1. The van der Waals surface area contributed by atoms with Crippen molar-refractivity contribution in [1.82, 2.24) is 24.6 Å². The molecule has 1 amide bonds. The van der Waals surface area contributed by atoms with Gasteiger partial charge in [0.15, 0.2) is 0 Å². The van der Waals surface area contributed by atoms with Crippen molar-refractivity contribution in [3.63, 3.8) is 0 Å². The molecule has 2 aromatic heterocycles. The molecular formula is C21H23N5O2S. The molecule has 7 nitrogen and oxygen atoms in total. The van der Waals surface area contributed by atoms with Gasteiger partial charge >= 0.3 is 5.69 Å². The lowest BCUT2D eigenvalue weighted by Crippen LogP contribution is -2.35. The molecule has 4 rings (SSSR count). The predicted octanol–water partition coefficient (Wildman–Crippen LogP) is 2.34. The molecule has 1 N–H and O–H groups in total. The Morgan fingerprint density at radius 1 is 1.28 bits per heavy atom. The van der Waals surface area contributed by atoms with Crippen LogP contribution in [0.4, 0.5) is 0 Å². The molecule has 1 atom stereocenters. The Labute approximate surface area is 173 Å². The summed E-state index contributed by atoms with van der Waals surface area (Å²) in [7, 11) is 0. The van der Waals surface area contributed by atoms with E-state index in [1.54, 1.807) is 28.7 Å². The second-order valence-electron chi connectivity index (χ2n) is 7.10. The highest BCUT2D eigenvalue weighted by molar-refractivity contribution is 7.98. The molecule has 0 spiro atoms. The van der Waals surface area contributed by atoms with Crippen molar-refractivity contribution in [3.8, 4) is 0 Å². The third-order valence-corrected chi connectivity index (χ3v) is 5.86. The van der Waals surface area contributed by atoms with E-state index in [9.17, 15) is 9.59 Å². The first-order valence-corrected chi connectivity index (χ1v) is 10.9. The average molecular weight is 410 g/mol. The van der Waals surface area contributed by atoms with Gasteiger partial charge in [-0.15, -0.1) is 11.8 Å². The van der Waals surface area contributed by atoms with Crippen molar-refractivity contribution in [1.29, 1.82) is 0 Å². The molecule has 0 saturated carbocycles. The Kier molecular flexibility index (Phi) is 5.80. The molecule has 1 aliphatic rings. The zero-order valence-corrected chi connectivity index (χ0v) is 17.1. The summed E-state index contributed by atoms with van der Waals surface area (Å²) in [6.45, 7) is 0.968. The summed E-state index contributed by atoms with van der Waals surface area (Å²) in [5, 5.41) is 7.64. The summed E-state index contributed by atoms with van der Waals surface area (Å²) < 4.78 is 3.23. The summed E-state index contributed by atoms with van der Waals surface area (Å²) >= 11 is 1.61. The summed E-state index contributed by atoms with van der Waals surface area (Å²) in [6.07, 6.45) is 7.57. The Hall–Kier alpha value is -2.87. The molecule has 1 aromatic carbocycles. The smallest absolute Gasteiger partial charge is 0.346 e. The summed E-state index contributed by atoms with van der Waals surface area (Å²) in [5.41, 5.74) is 1.50. The fourth-order valence-electron chi connectivity index (χ4n) is 3.57. The van der Waals surface area contributed by atoms with Crippen LogP contribution in [0, 0.1) is 0 Å². The maximum atomic E-state index is 12.7. The number of aryl methyl sites for hydroxylation is 1. The number of nitrogens with zero attached hydrogens (tertiary/aromatic N) is 4. The molecule has 0 saturated heterocycles. The van der Waals surface area contributed by atoms with Gasteiger partial charge in [-0.05, 0) is 48.9 Å². The first-order valence-electron chi connectivity index (χ1n) is 9.64. The lowest BCUT2D eigenvalue weighted by atomic mass is 10.1. The SMILES string of the molecule is CSc1cccc(C(=O)NC2CCc3nn(Cc4cccnc4)c(=O)n3CC2)c1. The predicted molar refractivity (Wildman–Crippen MR) is 112 cm³/mol. The maximum absolute atomic E-state index is 12.7. The van der Waals surface area contributed by atoms with Gasteiger partial charge in [0.2, 0.25) is 0 Å². The van der Waals surface area contributed by atoms with Gasteiger partial charge in [-0.1, -0.05) is 12.1 Å². The van der Waals surface area contributed by atoms with E-state index in [2.05, 4.69) is 15.4 Å². The lowest BCUT2D eigenvalue weighted by molar-refractivity contribution is 0.0932. The summed E-state index contributed by atoms with van der Waals surface area (Å²) in [6, 6.07) is 11.4. The number of nitrogens with one attached hydrogen (secondary N) is 1. The standard InChI is InChI=1S/C21H23N5O2S/c1-29-18-6-2-5-16(12-18)20(27)23-17-7-8-19-24-26(21(28)25(19)11-9-17)14-15-4-3-10-22-13-15/h2-6,10,12-13,17H,7-9,11,14H2,1H3,(H,23,27). The second-order valence-corrected chi connectivity index (χ2v) is 7.98. The van der Waals surface area contributed by atoms with Gasteiger partial charge in [0.1, 0.15) is 5.82 Å². The fraction of sp³-hybridized carbons (Fsp3) is 0.333. The number of fused-ring (bicyclic) bond motifs is 1. The van der Waals surface area contributed by atoms with Crippen LogP contribution in [0.1, 0.15) is 34.6 Å². The summed E-state index contributed by atoms with van der Waals surface area (Å²) in [4.78, 5) is 30.5. The van der Waals surface area contributed by atoms with Crippen molar-refractivity contribution < 1.29 is 4.79 Å². The minimum Gasteiger partial charge on any atom is -0.349 e. The van der Waals surface area contributed by atoms with E-state index < -0.39 is 0 Å². The molecule has 150 valence electrons. The van der Waals surface area contributed by atoms with Crippen LogP contribution in [-0.2, 0) is 19.5 Å². The zero-order valence-electron chi connectivity index (χ0n) is 16.2. The molecule has 0 fully saturated rings. The highest BCUT2D eigenvalue weighted by Gasteiger charge is 2.22. The highest BCUT2D eigenvalue weighted by Crippen LogP contribution is 2.17. The number of pyridine rings is 1. The third kappa shape index (κ3) is 4.42. The van der Waals surface area contributed by atoms with Crippen LogP contribution in [0.2, 0.25) is 0 Å². The number of carbonyl (C=O) groups excluding carboxylic acids is 1. The number of amides is 1. The van der Waals surface area contributed by atoms with E-state index in [0.29, 0.717) is 31.5 Å². The van der Waals surface area contributed by atoms with Gasteiger partial charge in [-0.25, -0.2) is 9.48 Å². The molecule has 29 heavy (non-hydrogen) atoms. The van der Waals surface area contributed by atoms with E-state index in [1.807, 2.05) is 42.7 Å². The number of hydrogen-bond acceptors (Lipinski definition) is 5. The first-order chi connectivity index (χ1) is 14.1. The monoisotopic (exact) mass is 409 g/mol. The summed E-state index contributed by atoms with van der Waals surface area (Å²) in [5.74, 6) is 0.708. The highest BCUT2D eigenvalue weighted by atomic mass is 32.2. The van der Waals surface area contributed by atoms with Gasteiger partial charge in [-0.3, -0.25) is 14.3 Å². The molecule has 3 heterocycles. The van der Waals surface area contributed by atoms with Crippen molar-refractivity contribution in [2.75, 3.05) is 6.26 Å². The van der Waals surface area contributed by atoms with Gasteiger partial charge in [-0.2, -0.15) is 5.10 Å². The Balaban J connectivity index is 1.42. The van der Waals surface area contributed by atoms with Crippen LogP contribution in [0.25, 0.3) is 0 Å². The average Bonchev–Trinajstić information content (AvgIpc) is 2.91. The Morgan fingerprint density at radius 2 is 2.17 bits per heavy atom. The van der Waals surface area contributed by atoms with Crippen molar-refractivity contribution in [3.05, 3.63) is 76.2 Å². The minimum absolute atomic E-state index is 0.0216. The number of thioether (sulfide) groups is 1. The first kappa shape index (κ1) is 19.4. The number of aromatic nitrogens is 4. The van der Waals surface area contributed by atoms with E-state index in [-0.39, 0.29) is 17.6 Å². The maximum Gasteiger partial charge on any atom is 0.346 e. The molecule has 3 aromatic rings. The third-order valence-electron chi connectivity index (χ3n) is 5.14. The normalized spacial score (nSPS) is 16.1. The Bertz CT molecular complexity index is 1060. The van der Waals surface area contributed by atoms with Gasteiger partial charge in [0, 0.05) is 41.9 Å². The van der Waals surface area contributed by atoms with Crippen molar-refractivity contribution in [2.45, 2.75) is 43.3 Å². The second kappa shape index (κ2) is 8.65. The van der Waals surface area contributed by atoms with Gasteiger partial charge in [0.25, 0.3) is 5.91 Å². The van der Waals surface area contributed by atoms with Crippen LogP contribution < -0.4 is 11.0 Å². The molecule has 0 aliphatic carbocycles. The van der Waals surface area contributed by atoms with E-state index in [4.69, 9.17) is 0 Å². The van der Waals surface area contributed by atoms with Gasteiger partial charge in [0.05, 0.1) is 6.54 Å². The minimum atomic E-state index is -0.108. The molecule has 8 heteroatoms. The molecule has 1 unspecified atom stereocenters. The molecule has 1 aliphatic heterocycles. The van der Waals surface area contributed by atoms with Crippen molar-refractivity contribution >= 4 is 17.7 Å². The number of hydrogen-bond donors (Lipinski definition) is 1. The van der Waals surface area contributed by atoms with Gasteiger partial charge < -0.3 is 5.32 Å². The molecule has 0 bridgehead atoms. The van der Waals surface area contributed by atoms with Crippen LogP contribution in [0.15, 0.2) is 58.5 Å². The number of rotatable bonds is 5. The fourth-order valence-corrected chi connectivity index (χ4v) is 4.03. The topological polar surface area (TPSA) is 81.8 Å². The van der Waals surface area contributed by atoms with Crippen LogP contribution in [-0.4, -0.2) is 37.5 Å². The number of benzene rings is 1. The quantitative estimate of drug-likeness (QED) is 0.654.